The Morgan fingerprint density at radius 2 is 2.04 bits per heavy atom. The Morgan fingerprint density at radius 1 is 1.36 bits per heavy atom. The summed E-state index contributed by atoms with van der Waals surface area (Å²) in [6.45, 7) is 6.62. The maximum absolute atomic E-state index is 12.7. The van der Waals surface area contributed by atoms with Gasteiger partial charge in [0.1, 0.15) is 5.69 Å². The van der Waals surface area contributed by atoms with Gasteiger partial charge in [0, 0.05) is 31.4 Å². The summed E-state index contributed by atoms with van der Waals surface area (Å²) >= 11 is 0. The summed E-state index contributed by atoms with van der Waals surface area (Å²) < 4.78 is 1.84. The van der Waals surface area contributed by atoms with Crippen molar-refractivity contribution < 1.29 is 4.79 Å². The van der Waals surface area contributed by atoms with Crippen molar-refractivity contribution in [1.82, 2.24) is 30.2 Å². The Balaban J connectivity index is 0.00000225. The van der Waals surface area contributed by atoms with Crippen molar-refractivity contribution >= 4 is 18.3 Å². The number of carbonyl (C=O) groups is 1. The molecular weight excluding hydrogens is 340 g/mol. The summed E-state index contributed by atoms with van der Waals surface area (Å²) in [4.78, 5) is 14.6. The van der Waals surface area contributed by atoms with Gasteiger partial charge in [-0.15, -0.1) is 12.4 Å². The van der Waals surface area contributed by atoms with Crippen LogP contribution in [0.15, 0.2) is 6.07 Å². The molecular formula is C17H27ClN6O. The van der Waals surface area contributed by atoms with Gasteiger partial charge in [0.2, 0.25) is 0 Å². The molecule has 0 aromatic carbocycles. The van der Waals surface area contributed by atoms with Gasteiger partial charge in [-0.1, -0.05) is 0 Å². The first-order chi connectivity index (χ1) is 11.5. The van der Waals surface area contributed by atoms with Gasteiger partial charge in [0.15, 0.2) is 0 Å². The molecule has 2 N–H and O–H groups in total. The SMILES string of the molecule is CNCC1CCN(C(=O)c2cc(-c3c(C)nn(C)c3C)n[nH]2)CC1.Cl. The van der Waals surface area contributed by atoms with Crippen molar-refractivity contribution in [3.63, 3.8) is 0 Å². The maximum Gasteiger partial charge on any atom is 0.271 e. The average Bonchev–Trinajstić information content (AvgIpc) is 3.13. The zero-order valence-electron chi connectivity index (χ0n) is 15.3. The number of carbonyl (C=O) groups excluding carboxylic acids is 1. The van der Waals surface area contributed by atoms with Crippen molar-refractivity contribution in [3.8, 4) is 11.3 Å². The van der Waals surface area contributed by atoms with E-state index in [1.807, 2.05) is 43.6 Å². The van der Waals surface area contributed by atoms with Gasteiger partial charge in [-0.3, -0.25) is 14.6 Å². The van der Waals surface area contributed by atoms with Crippen LogP contribution in [0.5, 0.6) is 0 Å². The number of H-pyrrole nitrogens is 1. The number of hydrogen-bond acceptors (Lipinski definition) is 4. The number of rotatable bonds is 4. The van der Waals surface area contributed by atoms with Crippen molar-refractivity contribution in [1.29, 1.82) is 0 Å². The molecule has 0 radical (unpaired) electrons. The minimum Gasteiger partial charge on any atom is -0.337 e. The molecule has 2 aromatic heterocycles. The second-order valence-corrected chi connectivity index (χ2v) is 6.63. The van der Waals surface area contributed by atoms with Gasteiger partial charge in [-0.05, 0) is 52.3 Å². The van der Waals surface area contributed by atoms with Gasteiger partial charge in [-0.25, -0.2) is 0 Å². The topological polar surface area (TPSA) is 78.8 Å². The second kappa shape index (κ2) is 8.01. The molecule has 3 heterocycles. The summed E-state index contributed by atoms with van der Waals surface area (Å²) in [5.74, 6) is 0.702. The minimum absolute atomic E-state index is 0. The molecule has 7 nitrogen and oxygen atoms in total. The highest BCUT2D eigenvalue weighted by Gasteiger charge is 2.25. The smallest absolute Gasteiger partial charge is 0.271 e. The van der Waals surface area contributed by atoms with E-state index in [1.165, 1.54) is 0 Å². The van der Waals surface area contributed by atoms with Gasteiger partial charge in [-0.2, -0.15) is 10.2 Å². The Bertz CT molecular complexity index is 730. The number of aromatic amines is 1. The lowest BCUT2D eigenvalue weighted by atomic mass is 9.96. The molecule has 0 atom stereocenters. The van der Waals surface area contributed by atoms with Crippen LogP contribution in [0.1, 0.15) is 34.7 Å². The highest BCUT2D eigenvalue weighted by molar-refractivity contribution is 5.93. The number of piperidine rings is 1. The van der Waals surface area contributed by atoms with E-state index < -0.39 is 0 Å². The third kappa shape index (κ3) is 3.88. The Kier molecular flexibility index (Phi) is 6.24. The number of aromatic nitrogens is 4. The molecule has 0 bridgehead atoms. The first kappa shape index (κ1) is 19.5. The lowest BCUT2D eigenvalue weighted by molar-refractivity contribution is 0.0685. The van der Waals surface area contributed by atoms with Crippen LogP contribution in [-0.2, 0) is 7.05 Å². The zero-order chi connectivity index (χ0) is 17.3. The van der Waals surface area contributed by atoms with Crippen LogP contribution < -0.4 is 5.32 Å². The third-order valence-corrected chi connectivity index (χ3v) is 4.97. The normalized spacial score (nSPS) is 15.3. The maximum atomic E-state index is 12.7. The summed E-state index contributed by atoms with van der Waals surface area (Å²) in [6, 6.07) is 1.85. The van der Waals surface area contributed by atoms with E-state index in [4.69, 9.17) is 0 Å². The van der Waals surface area contributed by atoms with Crippen LogP contribution in [0.3, 0.4) is 0 Å². The molecule has 1 aliphatic heterocycles. The van der Waals surface area contributed by atoms with Crippen molar-refractivity contribution in [3.05, 3.63) is 23.1 Å². The Morgan fingerprint density at radius 3 is 2.60 bits per heavy atom. The molecule has 0 unspecified atom stereocenters. The summed E-state index contributed by atoms with van der Waals surface area (Å²) in [7, 11) is 3.89. The van der Waals surface area contributed by atoms with E-state index in [1.54, 1.807) is 0 Å². The summed E-state index contributed by atoms with van der Waals surface area (Å²) in [6.07, 6.45) is 2.10. The molecule has 0 saturated carbocycles. The van der Waals surface area contributed by atoms with Crippen molar-refractivity contribution in [2.24, 2.45) is 13.0 Å². The highest BCUT2D eigenvalue weighted by Crippen LogP contribution is 2.26. The van der Waals surface area contributed by atoms with Gasteiger partial charge in [0.05, 0.1) is 11.4 Å². The number of amides is 1. The molecule has 0 spiro atoms. The van der Waals surface area contributed by atoms with Crippen LogP contribution in [0.4, 0.5) is 0 Å². The molecule has 1 aliphatic rings. The number of nitrogens with one attached hydrogen (secondary N) is 2. The van der Waals surface area contributed by atoms with Crippen LogP contribution >= 0.6 is 12.4 Å². The number of aryl methyl sites for hydroxylation is 2. The van der Waals surface area contributed by atoms with E-state index in [0.717, 1.165) is 55.1 Å². The molecule has 138 valence electrons. The summed E-state index contributed by atoms with van der Waals surface area (Å²) in [5, 5.41) is 14.9. The molecule has 3 rings (SSSR count). The quantitative estimate of drug-likeness (QED) is 0.866. The van der Waals surface area contributed by atoms with Gasteiger partial charge < -0.3 is 10.2 Å². The number of halogens is 1. The average molecular weight is 367 g/mol. The predicted molar refractivity (Wildman–Crippen MR) is 100 cm³/mol. The summed E-state index contributed by atoms with van der Waals surface area (Å²) in [5.41, 5.74) is 4.31. The largest absolute Gasteiger partial charge is 0.337 e. The molecule has 25 heavy (non-hydrogen) atoms. The Labute approximate surface area is 154 Å². The van der Waals surface area contributed by atoms with Gasteiger partial charge in [0.25, 0.3) is 5.91 Å². The molecule has 1 amide bonds. The van der Waals surface area contributed by atoms with E-state index in [0.29, 0.717) is 11.6 Å². The first-order valence-corrected chi connectivity index (χ1v) is 8.51. The zero-order valence-corrected chi connectivity index (χ0v) is 16.1. The number of nitrogens with zero attached hydrogens (tertiary/aromatic N) is 4. The van der Waals surface area contributed by atoms with Crippen LogP contribution in [0, 0.1) is 19.8 Å². The van der Waals surface area contributed by atoms with Crippen molar-refractivity contribution in [2.45, 2.75) is 26.7 Å². The fraction of sp³-hybridized carbons (Fsp3) is 0.588. The standard InChI is InChI=1S/C17H26N6O.ClH/c1-11-16(12(2)22(4)21-11)14-9-15(20-19-14)17(24)23-7-5-13(6-8-23)10-18-3;/h9,13,18H,5-8,10H2,1-4H3,(H,19,20);1H. The van der Waals surface area contributed by atoms with Crippen LogP contribution in [0.2, 0.25) is 0 Å². The van der Waals surface area contributed by atoms with E-state index >= 15 is 0 Å². The molecule has 8 heteroatoms. The Hall–Kier alpha value is -1.86. The van der Waals surface area contributed by atoms with E-state index in [2.05, 4.69) is 20.6 Å². The predicted octanol–water partition coefficient (Wildman–Crippen LogP) is 1.92. The lowest BCUT2D eigenvalue weighted by Crippen LogP contribution is -2.40. The van der Waals surface area contributed by atoms with E-state index in [-0.39, 0.29) is 18.3 Å². The molecule has 2 aromatic rings. The monoisotopic (exact) mass is 366 g/mol. The van der Waals surface area contributed by atoms with E-state index in [9.17, 15) is 4.79 Å². The molecule has 0 aliphatic carbocycles. The molecule has 1 fully saturated rings. The van der Waals surface area contributed by atoms with Crippen LogP contribution in [0.25, 0.3) is 11.3 Å². The fourth-order valence-electron chi connectivity index (χ4n) is 3.50. The number of likely N-dealkylation sites (tertiary alicyclic amines) is 1. The fourth-order valence-corrected chi connectivity index (χ4v) is 3.50. The number of hydrogen-bond donors (Lipinski definition) is 2. The third-order valence-electron chi connectivity index (χ3n) is 4.97. The minimum atomic E-state index is 0. The molecule has 1 saturated heterocycles. The highest BCUT2D eigenvalue weighted by atomic mass is 35.5. The second-order valence-electron chi connectivity index (χ2n) is 6.63. The van der Waals surface area contributed by atoms with Crippen molar-refractivity contribution in [2.75, 3.05) is 26.7 Å². The first-order valence-electron chi connectivity index (χ1n) is 8.51. The van der Waals surface area contributed by atoms with Gasteiger partial charge >= 0.3 is 0 Å². The van der Waals surface area contributed by atoms with Crippen LogP contribution in [-0.4, -0.2) is 57.5 Å². The lowest BCUT2D eigenvalue weighted by Gasteiger charge is -2.31.